The number of ether oxygens (including phenoxy) is 1. The maximum absolute atomic E-state index is 13.2. The summed E-state index contributed by atoms with van der Waals surface area (Å²) in [6.45, 7) is 0. The molecule has 0 radical (unpaired) electrons. The highest BCUT2D eigenvalue weighted by Gasteiger charge is 2.24. The van der Waals surface area contributed by atoms with Crippen LogP contribution in [0.3, 0.4) is 0 Å². The second kappa shape index (κ2) is 5.36. The van der Waals surface area contributed by atoms with Crippen molar-refractivity contribution in [1.82, 2.24) is 9.55 Å². The fraction of sp³-hybridized carbons (Fsp3) is 0.250. The fourth-order valence-electron chi connectivity index (χ4n) is 3.18. The summed E-state index contributed by atoms with van der Waals surface area (Å²) in [6.07, 6.45) is 3.06. The van der Waals surface area contributed by atoms with Crippen molar-refractivity contribution in [3.63, 3.8) is 0 Å². The minimum atomic E-state index is -0.105. The summed E-state index contributed by atoms with van der Waals surface area (Å²) >= 11 is 1.59. The Kier molecular flexibility index (Phi) is 3.32. The lowest BCUT2D eigenvalue weighted by Gasteiger charge is -2.14. The van der Waals surface area contributed by atoms with E-state index in [-0.39, 0.29) is 5.56 Å². The van der Waals surface area contributed by atoms with Crippen LogP contribution in [0.4, 0.5) is 5.95 Å². The van der Waals surface area contributed by atoms with E-state index >= 15 is 0 Å². The van der Waals surface area contributed by atoms with Crippen molar-refractivity contribution >= 4 is 27.5 Å². The van der Waals surface area contributed by atoms with Crippen molar-refractivity contribution in [2.75, 3.05) is 12.5 Å². The van der Waals surface area contributed by atoms with E-state index in [2.05, 4.69) is 10.4 Å². The number of aryl methyl sites for hydroxylation is 2. The lowest BCUT2D eigenvalue weighted by molar-refractivity contribution is 0.412. The van der Waals surface area contributed by atoms with Gasteiger partial charge < -0.3 is 4.74 Å². The Balaban J connectivity index is 2.09. The number of fused-ring (bicyclic) bond motifs is 3. The van der Waals surface area contributed by atoms with Crippen LogP contribution in [0.1, 0.15) is 16.9 Å². The van der Waals surface area contributed by atoms with Crippen LogP contribution in [0.2, 0.25) is 0 Å². The van der Waals surface area contributed by atoms with Crippen LogP contribution >= 0.6 is 11.3 Å². The molecule has 3 N–H and O–H groups in total. The van der Waals surface area contributed by atoms with E-state index in [1.54, 1.807) is 18.4 Å². The molecule has 0 aliphatic heterocycles. The highest BCUT2D eigenvalue weighted by molar-refractivity contribution is 7.18. The summed E-state index contributed by atoms with van der Waals surface area (Å²) in [5, 5.41) is 0.715. The van der Waals surface area contributed by atoms with Crippen LogP contribution in [0.5, 0.6) is 5.75 Å². The highest BCUT2D eigenvalue weighted by Crippen LogP contribution is 2.36. The van der Waals surface area contributed by atoms with Gasteiger partial charge in [-0.15, -0.1) is 11.3 Å². The van der Waals surface area contributed by atoms with Gasteiger partial charge in [-0.2, -0.15) is 0 Å². The first-order valence-corrected chi connectivity index (χ1v) is 8.23. The Morgan fingerprint density at radius 3 is 2.96 bits per heavy atom. The van der Waals surface area contributed by atoms with E-state index in [0.717, 1.165) is 29.7 Å². The van der Waals surface area contributed by atoms with Crippen LogP contribution in [0.15, 0.2) is 29.1 Å². The average molecular weight is 328 g/mol. The van der Waals surface area contributed by atoms with Gasteiger partial charge in [0.25, 0.3) is 5.56 Å². The van der Waals surface area contributed by atoms with Gasteiger partial charge in [-0.25, -0.2) is 15.4 Å². The number of anilines is 1. The standard InChI is InChI=1S/C16H16N4O2S/c1-22-11-7-3-2-6-10(11)20-15(21)13-9-5-4-8-12(9)23-14(13)18-16(20)19-17/h2-3,6-7H,4-5,8,17H2,1H3,(H,18,19). The number of para-hydroxylation sites is 2. The molecule has 0 unspecified atom stereocenters. The Bertz CT molecular complexity index is 961. The van der Waals surface area contributed by atoms with Crippen molar-refractivity contribution < 1.29 is 4.74 Å². The summed E-state index contributed by atoms with van der Waals surface area (Å²) in [6, 6.07) is 7.34. The first-order chi connectivity index (χ1) is 11.2. The molecule has 1 aliphatic rings. The van der Waals surface area contributed by atoms with Gasteiger partial charge >= 0.3 is 0 Å². The van der Waals surface area contributed by atoms with Crippen LogP contribution in [0.25, 0.3) is 15.9 Å². The lowest BCUT2D eigenvalue weighted by Crippen LogP contribution is -2.26. The number of aromatic nitrogens is 2. The molecule has 2 aromatic heterocycles. The van der Waals surface area contributed by atoms with Crippen LogP contribution < -0.4 is 21.6 Å². The monoisotopic (exact) mass is 328 g/mol. The number of hydrogen-bond donors (Lipinski definition) is 2. The van der Waals surface area contributed by atoms with Gasteiger partial charge in [-0.1, -0.05) is 12.1 Å². The normalized spacial score (nSPS) is 13.3. The molecule has 2 heterocycles. The van der Waals surface area contributed by atoms with E-state index in [0.29, 0.717) is 22.8 Å². The summed E-state index contributed by atoms with van der Waals surface area (Å²) in [4.78, 5) is 19.8. The van der Waals surface area contributed by atoms with Gasteiger partial charge in [0.1, 0.15) is 10.6 Å². The molecule has 0 amide bonds. The summed E-state index contributed by atoms with van der Waals surface area (Å²) in [7, 11) is 1.58. The van der Waals surface area contributed by atoms with Crippen LogP contribution in [0, 0.1) is 0 Å². The molecule has 0 saturated heterocycles. The van der Waals surface area contributed by atoms with Crippen molar-refractivity contribution in [3.8, 4) is 11.4 Å². The first kappa shape index (κ1) is 14.2. The van der Waals surface area contributed by atoms with Crippen molar-refractivity contribution in [2.24, 2.45) is 5.84 Å². The maximum atomic E-state index is 13.2. The molecule has 1 aliphatic carbocycles. The molecule has 0 saturated carbocycles. The maximum Gasteiger partial charge on any atom is 0.268 e. The SMILES string of the molecule is COc1ccccc1-n1c(NN)nc2sc3c(c2c1=O)CCC3. The Labute approximate surface area is 136 Å². The van der Waals surface area contributed by atoms with Crippen molar-refractivity contribution in [2.45, 2.75) is 19.3 Å². The molecule has 118 valence electrons. The number of thiophene rings is 1. The molecule has 1 aromatic carbocycles. The summed E-state index contributed by atoms with van der Waals surface area (Å²) in [5.74, 6) is 6.53. The predicted molar refractivity (Wildman–Crippen MR) is 91.6 cm³/mol. The largest absolute Gasteiger partial charge is 0.495 e. The molecule has 0 bridgehead atoms. The zero-order chi connectivity index (χ0) is 16.0. The zero-order valence-corrected chi connectivity index (χ0v) is 13.4. The van der Waals surface area contributed by atoms with E-state index < -0.39 is 0 Å². The van der Waals surface area contributed by atoms with Gasteiger partial charge in [-0.05, 0) is 37.0 Å². The molecule has 6 nitrogen and oxygen atoms in total. The number of nitrogens with zero attached hydrogens (tertiary/aromatic N) is 2. The second-order valence-electron chi connectivity index (χ2n) is 5.43. The van der Waals surface area contributed by atoms with Gasteiger partial charge in [0.05, 0.1) is 18.2 Å². The number of nitrogens with one attached hydrogen (secondary N) is 1. The van der Waals surface area contributed by atoms with Gasteiger partial charge in [0.15, 0.2) is 0 Å². The Morgan fingerprint density at radius 1 is 1.35 bits per heavy atom. The smallest absolute Gasteiger partial charge is 0.268 e. The zero-order valence-electron chi connectivity index (χ0n) is 12.6. The number of hydrazine groups is 1. The molecule has 23 heavy (non-hydrogen) atoms. The minimum Gasteiger partial charge on any atom is -0.495 e. The fourth-order valence-corrected chi connectivity index (χ4v) is 4.43. The molecular formula is C16H16N4O2S. The lowest BCUT2D eigenvalue weighted by atomic mass is 10.2. The van der Waals surface area contributed by atoms with Crippen LogP contribution in [-0.2, 0) is 12.8 Å². The molecular weight excluding hydrogens is 312 g/mol. The van der Waals surface area contributed by atoms with Gasteiger partial charge in [-0.3, -0.25) is 10.2 Å². The minimum absolute atomic E-state index is 0.105. The molecule has 4 rings (SSSR count). The van der Waals surface area contributed by atoms with E-state index in [1.807, 2.05) is 24.3 Å². The quantitative estimate of drug-likeness (QED) is 0.569. The van der Waals surface area contributed by atoms with Crippen molar-refractivity contribution in [3.05, 3.63) is 45.1 Å². The molecule has 7 heteroatoms. The third-order valence-electron chi connectivity index (χ3n) is 4.19. The van der Waals surface area contributed by atoms with Gasteiger partial charge in [0, 0.05) is 4.88 Å². The number of benzene rings is 1. The predicted octanol–water partition coefficient (Wildman–Crippen LogP) is 2.23. The number of nitrogen functional groups attached to an aromatic ring is 1. The molecule has 3 aromatic rings. The Hall–Kier alpha value is -2.38. The number of rotatable bonds is 3. The molecule has 0 spiro atoms. The average Bonchev–Trinajstić information content (AvgIpc) is 3.15. The molecule has 0 atom stereocenters. The van der Waals surface area contributed by atoms with Crippen molar-refractivity contribution in [1.29, 1.82) is 0 Å². The summed E-state index contributed by atoms with van der Waals surface area (Å²) < 4.78 is 6.88. The van der Waals surface area contributed by atoms with Gasteiger partial charge in [0.2, 0.25) is 5.95 Å². The number of hydrogen-bond acceptors (Lipinski definition) is 6. The highest BCUT2D eigenvalue weighted by atomic mass is 32.1. The third kappa shape index (κ3) is 2.04. The number of methoxy groups -OCH3 is 1. The van der Waals surface area contributed by atoms with E-state index in [4.69, 9.17) is 10.6 Å². The molecule has 0 fully saturated rings. The number of nitrogens with two attached hydrogens (primary N) is 1. The third-order valence-corrected chi connectivity index (χ3v) is 5.38. The van der Waals surface area contributed by atoms with E-state index in [9.17, 15) is 4.79 Å². The van der Waals surface area contributed by atoms with Crippen LogP contribution in [-0.4, -0.2) is 16.7 Å². The van der Waals surface area contributed by atoms with E-state index in [1.165, 1.54) is 9.44 Å². The first-order valence-electron chi connectivity index (χ1n) is 7.42. The Morgan fingerprint density at radius 2 is 2.17 bits per heavy atom. The topological polar surface area (TPSA) is 82.2 Å². The second-order valence-corrected chi connectivity index (χ2v) is 6.51. The summed E-state index contributed by atoms with van der Waals surface area (Å²) in [5.41, 5.74) is 4.21.